The van der Waals surface area contributed by atoms with Gasteiger partial charge >= 0.3 is 0 Å². The van der Waals surface area contributed by atoms with Crippen LogP contribution in [0.25, 0.3) is 16.6 Å². The van der Waals surface area contributed by atoms with E-state index in [-0.39, 0.29) is 6.04 Å². The van der Waals surface area contributed by atoms with Crippen LogP contribution in [0.1, 0.15) is 42.5 Å². The van der Waals surface area contributed by atoms with Crippen molar-refractivity contribution in [2.45, 2.75) is 50.8 Å². The molecule has 3 unspecified atom stereocenters. The third-order valence-corrected chi connectivity index (χ3v) is 7.46. The van der Waals surface area contributed by atoms with Gasteiger partial charge in [-0.25, -0.2) is 0 Å². The molecule has 0 bridgehead atoms. The van der Waals surface area contributed by atoms with Gasteiger partial charge < -0.3 is 20.7 Å². The van der Waals surface area contributed by atoms with E-state index in [0.29, 0.717) is 17.7 Å². The average molecular weight is 457 g/mol. The Morgan fingerprint density at radius 2 is 2.09 bits per heavy atom. The quantitative estimate of drug-likeness (QED) is 0.484. The number of amides is 1. The summed E-state index contributed by atoms with van der Waals surface area (Å²) in [4.78, 5) is 26.7. The maximum absolute atomic E-state index is 12.6. The average Bonchev–Trinajstić information content (AvgIpc) is 2.91. The lowest BCUT2D eigenvalue weighted by atomic mass is 9.87. The number of nitrogens with two attached hydrogens (primary N) is 1. The number of benzene rings is 1. The Kier molecular flexibility index (Phi) is 5.61. The number of carbonyl (C=O) groups excluding carboxylic acids is 2. The van der Waals surface area contributed by atoms with Crippen molar-refractivity contribution in [3.8, 4) is 0 Å². The summed E-state index contributed by atoms with van der Waals surface area (Å²) in [6.07, 6.45) is 3.31. The van der Waals surface area contributed by atoms with E-state index in [1.54, 1.807) is 0 Å². The molecule has 1 aromatic carbocycles. The van der Waals surface area contributed by atoms with Gasteiger partial charge in [0.05, 0.1) is 11.8 Å². The second-order valence-electron chi connectivity index (χ2n) is 9.37. The number of aryl methyl sites for hydroxylation is 2. The zero-order valence-corrected chi connectivity index (χ0v) is 19.0. The minimum Gasteiger partial charge on any atom is -0.387 e. The first-order chi connectivity index (χ1) is 15.3. The predicted octanol–water partition coefficient (Wildman–Crippen LogP) is 2.02. The summed E-state index contributed by atoms with van der Waals surface area (Å²) in [7, 11) is 2.10. The number of aliphatic hydroxyl groups excluding tert-OH is 1. The molecule has 4 N–H and O–H groups in total. The van der Waals surface area contributed by atoms with Gasteiger partial charge in [0.15, 0.2) is 0 Å². The highest BCUT2D eigenvalue weighted by Crippen LogP contribution is 2.38. The molecule has 170 valence electrons. The fraction of sp³-hybridized carbons (Fsp3) is 0.500. The molecular weight excluding hydrogens is 428 g/mol. The van der Waals surface area contributed by atoms with Crippen molar-refractivity contribution in [3.05, 3.63) is 40.6 Å². The zero-order valence-electron chi connectivity index (χ0n) is 18.2. The van der Waals surface area contributed by atoms with E-state index in [2.05, 4.69) is 40.0 Å². The van der Waals surface area contributed by atoms with E-state index < -0.39 is 23.2 Å². The van der Waals surface area contributed by atoms with Crippen LogP contribution in [0.2, 0.25) is 0 Å². The van der Waals surface area contributed by atoms with Crippen molar-refractivity contribution in [2.24, 2.45) is 18.7 Å². The summed E-state index contributed by atoms with van der Waals surface area (Å²) in [6, 6.07) is 6.74. The standard InChI is InChI=1S/C24H29ClN4O3/c1-28-16(12-29-7-3-5-15(26)11-29)8-14-9-18-13(10-19(14)28)4-2-6-17-21(18)27-24(32)20(22(17)30)23(25)31/h8-10,15,20,22,30H,2-7,11-12,26H2,1H3,(H,27,32). The van der Waals surface area contributed by atoms with Crippen molar-refractivity contribution in [1.29, 1.82) is 0 Å². The maximum Gasteiger partial charge on any atom is 0.239 e. The predicted molar refractivity (Wildman–Crippen MR) is 124 cm³/mol. The minimum atomic E-state index is -1.25. The maximum atomic E-state index is 12.6. The fourth-order valence-corrected chi connectivity index (χ4v) is 5.74. The molecule has 1 fully saturated rings. The first-order valence-electron chi connectivity index (χ1n) is 11.3. The van der Waals surface area contributed by atoms with Gasteiger partial charge in [0, 0.05) is 48.3 Å². The largest absolute Gasteiger partial charge is 0.387 e. The highest BCUT2D eigenvalue weighted by molar-refractivity contribution is 6.65. The molecule has 5 rings (SSSR count). The lowest BCUT2D eigenvalue weighted by Gasteiger charge is -2.30. The van der Waals surface area contributed by atoms with Gasteiger partial charge in [-0.2, -0.15) is 0 Å². The molecule has 2 aromatic rings. The molecule has 7 nitrogen and oxygen atoms in total. The highest BCUT2D eigenvalue weighted by atomic mass is 35.5. The number of hydrogen-bond acceptors (Lipinski definition) is 5. The van der Waals surface area contributed by atoms with Crippen LogP contribution in [0.5, 0.6) is 0 Å². The molecule has 0 radical (unpaired) electrons. The minimum absolute atomic E-state index is 0.241. The number of hydrogen-bond donors (Lipinski definition) is 3. The molecule has 0 spiro atoms. The molecule has 0 saturated carbocycles. The first kappa shape index (κ1) is 21.6. The molecule has 3 heterocycles. The third kappa shape index (κ3) is 3.67. The Bertz CT molecular complexity index is 1140. The molecule has 1 aliphatic carbocycles. The van der Waals surface area contributed by atoms with Crippen molar-refractivity contribution in [3.63, 3.8) is 0 Å². The van der Waals surface area contributed by atoms with Crippen LogP contribution in [0.4, 0.5) is 0 Å². The number of carbonyl (C=O) groups is 2. The van der Waals surface area contributed by atoms with Gasteiger partial charge in [0.2, 0.25) is 11.1 Å². The lowest BCUT2D eigenvalue weighted by molar-refractivity contribution is -0.133. The number of nitrogens with one attached hydrogen (secondary N) is 1. The molecule has 1 saturated heterocycles. The van der Waals surface area contributed by atoms with Crippen molar-refractivity contribution in [1.82, 2.24) is 14.8 Å². The summed E-state index contributed by atoms with van der Waals surface area (Å²) in [5, 5.41) is 13.9. The summed E-state index contributed by atoms with van der Waals surface area (Å²) < 4.78 is 2.24. The van der Waals surface area contributed by atoms with Gasteiger partial charge in [-0.15, -0.1) is 0 Å². The molecule has 1 amide bonds. The van der Waals surface area contributed by atoms with Gasteiger partial charge in [-0.05, 0) is 79.6 Å². The monoisotopic (exact) mass is 456 g/mol. The number of piperidine rings is 1. The van der Waals surface area contributed by atoms with Gasteiger partial charge in [-0.3, -0.25) is 14.5 Å². The van der Waals surface area contributed by atoms with E-state index >= 15 is 0 Å². The Morgan fingerprint density at radius 3 is 2.84 bits per heavy atom. The number of halogens is 1. The second-order valence-corrected chi connectivity index (χ2v) is 9.74. The number of likely N-dealkylation sites (tertiary alicyclic amines) is 1. The summed E-state index contributed by atoms with van der Waals surface area (Å²) in [5.41, 5.74) is 11.9. The summed E-state index contributed by atoms with van der Waals surface area (Å²) in [5.74, 6) is -1.79. The smallest absolute Gasteiger partial charge is 0.239 e. The Labute approximate surface area is 192 Å². The van der Waals surface area contributed by atoms with E-state index in [1.807, 2.05) is 0 Å². The van der Waals surface area contributed by atoms with Gasteiger partial charge in [-0.1, -0.05) is 0 Å². The Balaban J connectivity index is 1.55. The summed E-state index contributed by atoms with van der Waals surface area (Å²) >= 11 is 5.61. The van der Waals surface area contributed by atoms with Crippen molar-refractivity contribution < 1.29 is 14.7 Å². The molecule has 3 atom stereocenters. The highest BCUT2D eigenvalue weighted by Gasteiger charge is 2.41. The number of nitrogens with zero attached hydrogens (tertiary/aromatic N) is 2. The van der Waals surface area contributed by atoms with Crippen molar-refractivity contribution >= 4 is 39.4 Å². The molecule has 3 aliphatic rings. The Morgan fingerprint density at radius 1 is 1.28 bits per heavy atom. The zero-order chi connectivity index (χ0) is 22.6. The van der Waals surface area contributed by atoms with Crippen LogP contribution in [-0.4, -0.2) is 51.0 Å². The first-order valence-corrected chi connectivity index (χ1v) is 11.7. The van der Waals surface area contributed by atoms with E-state index in [0.717, 1.165) is 67.3 Å². The van der Waals surface area contributed by atoms with E-state index in [4.69, 9.17) is 17.3 Å². The van der Waals surface area contributed by atoms with Crippen LogP contribution >= 0.6 is 11.6 Å². The molecule has 2 aliphatic heterocycles. The van der Waals surface area contributed by atoms with Crippen LogP contribution in [0, 0.1) is 5.92 Å². The molecule has 8 heteroatoms. The molecule has 32 heavy (non-hydrogen) atoms. The van der Waals surface area contributed by atoms with Crippen LogP contribution in [-0.2, 0) is 29.6 Å². The second kappa shape index (κ2) is 8.30. The third-order valence-electron chi connectivity index (χ3n) is 7.22. The SMILES string of the molecule is Cn1c(CN2CCCC(N)C2)cc2cc3c(cc21)CCCC1=C3NC(=O)C(C(=O)Cl)C1O. The van der Waals surface area contributed by atoms with Gasteiger partial charge in [0.25, 0.3) is 0 Å². The Hall–Kier alpha value is -2.19. The number of rotatable bonds is 3. The number of aromatic nitrogens is 1. The van der Waals surface area contributed by atoms with Crippen molar-refractivity contribution in [2.75, 3.05) is 13.1 Å². The number of aliphatic hydroxyl groups is 1. The number of fused-ring (bicyclic) bond motifs is 3. The summed E-state index contributed by atoms with van der Waals surface area (Å²) in [6.45, 7) is 2.83. The topological polar surface area (TPSA) is 101 Å². The lowest BCUT2D eigenvalue weighted by Crippen LogP contribution is -2.46. The fourth-order valence-electron chi connectivity index (χ4n) is 5.52. The van der Waals surface area contributed by atoms with Crippen LogP contribution in [0.3, 0.4) is 0 Å². The normalized spacial score (nSPS) is 26.5. The van der Waals surface area contributed by atoms with Crippen LogP contribution in [0.15, 0.2) is 23.8 Å². The van der Waals surface area contributed by atoms with E-state index in [9.17, 15) is 14.7 Å². The van der Waals surface area contributed by atoms with Crippen LogP contribution < -0.4 is 11.1 Å². The molecule has 1 aromatic heterocycles. The molecular formula is C24H29ClN4O3. The van der Waals surface area contributed by atoms with E-state index in [1.165, 1.54) is 5.69 Å². The van der Waals surface area contributed by atoms with Gasteiger partial charge in [0.1, 0.15) is 5.92 Å².